The molecule has 3 nitrogen and oxygen atoms in total. The van der Waals surface area contributed by atoms with Crippen molar-refractivity contribution in [2.45, 2.75) is 33.9 Å². The van der Waals surface area contributed by atoms with E-state index in [1.54, 1.807) is 6.92 Å². The third-order valence-corrected chi connectivity index (χ3v) is 1.14. The third-order valence-electron chi connectivity index (χ3n) is 1.14. The SMILES string of the molecule is CC(NCC(C)(C)C)O[C]=O. The normalized spacial score (nSPS) is 14.2. The van der Waals surface area contributed by atoms with E-state index in [0.717, 1.165) is 6.54 Å². The Labute approximate surface area is 68.1 Å². The van der Waals surface area contributed by atoms with Crippen LogP contribution in [0.25, 0.3) is 0 Å². The van der Waals surface area contributed by atoms with Crippen molar-refractivity contribution in [3.05, 3.63) is 0 Å². The van der Waals surface area contributed by atoms with Crippen molar-refractivity contribution in [2.24, 2.45) is 5.41 Å². The predicted octanol–water partition coefficient (Wildman–Crippen LogP) is 1.05. The van der Waals surface area contributed by atoms with Crippen molar-refractivity contribution in [1.29, 1.82) is 0 Å². The molecule has 65 valence electrons. The smallest absolute Gasteiger partial charge is 0.419 e. The Morgan fingerprint density at radius 1 is 1.55 bits per heavy atom. The summed E-state index contributed by atoms with van der Waals surface area (Å²) in [6, 6.07) is 0. The predicted molar refractivity (Wildman–Crippen MR) is 43.7 cm³/mol. The van der Waals surface area contributed by atoms with Crippen molar-refractivity contribution in [3.8, 4) is 0 Å². The highest BCUT2D eigenvalue weighted by atomic mass is 16.5. The summed E-state index contributed by atoms with van der Waals surface area (Å²) in [6.45, 7) is 10.3. The van der Waals surface area contributed by atoms with E-state index in [1.807, 2.05) is 0 Å². The van der Waals surface area contributed by atoms with Crippen LogP contribution in [0.15, 0.2) is 0 Å². The van der Waals surface area contributed by atoms with Gasteiger partial charge in [0.15, 0.2) is 6.23 Å². The summed E-state index contributed by atoms with van der Waals surface area (Å²) < 4.78 is 4.52. The molecule has 0 amide bonds. The van der Waals surface area contributed by atoms with Crippen LogP contribution >= 0.6 is 0 Å². The molecular weight excluding hydrogens is 142 g/mol. The summed E-state index contributed by atoms with van der Waals surface area (Å²) in [7, 11) is 0. The molecule has 1 atom stereocenters. The van der Waals surface area contributed by atoms with Crippen LogP contribution in [-0.4, -0.2) is 19.2 Å². The van der Waals surface area contributed by atoms with E-state index < -0.39 is 0 Å². The zero-order valence-electron chi connectivity index (χ0n) is 7.60. The van der Waals surface area contributed by atoms with E-state index in [0.29, 0.717) is 0 Å². The highest BCUT2D eigenvalue weighted by Gasteiger charge is 2.11. The van der Waals surface area contributed by atoms with Gasteiger partial charge in [-0.3, -0.25) is 5.32 Å². The second-order valence-electron chi connectivity index (χ2n) is 3.78. The van der Waals surface area contributed by atoms with Gasteiger partial charge in [0.25, 0.3) is 0 Å². The highest BCUT2D eigenvalue weighted by molar-refractivity contribution is 5.38. The Bertz CT molecular complexity index is 118. The van der Waals surface area contributed by atoms with E-state index in [2.05, 4.69) is 30.8 Å². The van der Waals surface area contributed by atoms with Crippen molar-refractivity contribution in [2.75, 3.05) is 6.54 Å². The molecule has 0 saturated heterocycles. The Morgan fingerprint density at radius 2 is 2.09 bits per heavy atom. The van der Waals surface area contributed by atoms with Gasteiger partial charge in [-0.15, -0.1) is 0 Å². The van der Waals surface area contributed by atoms with Crippen LogP contribution in [0.2, 0.25) is 0 Å². The van der Waals surface area contributed by atoms with E-state index in [-0.39, 0.29) is 11.6 Å². The summed E-state index contributed by atoms with van der Waals surface area (Å²) in [5.74, 6) is 0. The number of nitrogens with one attached hydrogen (secondary N) is 1. The highest BCUT2D eigenvalue weighted by Crippen LogP contribution is 2.10. The molecule has 1 N–H and O–H groups in total. The number of carbonyl (C=O) groups excluding carboxylic acids is 1. The molecule has 0 spiro atoms. The molecule has 0 aromatic heterocycles. The van der Waals surface area contributed by atoms with Gasteiger partial charge in [0.1, 0.15) is 0 Å². The Balaban J connectivity index is 3.45. The van der Waals surface area contributed by atoms with Gasteiger partial charge < -0.3 is 4.74 Å². The number of hydrogen-bond acceptors (Lipinski definition) is 3. The zero-order chi connectivity index (χ0) is 8.91. The second kappa shape index (κ2) is 4.34. The molecule has 1 radical (unpaired) electrons. The maximum absolute atomic E-state index is 9.75. The minimum absolute atomic E-state index is 0.209. The molecular formula is C8H16NO2. The molecule has 0 aromatic rings. The topological polar surface area (TPSA) is 38.3 Å². The minimum atomic E-state index is -0.244. The second-order valence-corrected chi connectivity index (χ2v) is 3.78. The van der Waals surface area contributed by atoms with Gasteiger partial charge in [0.2, 0.25) is 0 Å². The van der Waals surface area contributed by atoms with Gasteiger partial charge in [-0.25, -0.2) is 4.79 Å². The number of hydrogen-bond donors (Lipinski definition) is 1. The number of rotatable bonds is 4. The molecule has 3 heteroatoms. The standard InChI is InChI=1S/C8H16NO2/c1-7(11-6-10)9-5-8(2,3)4/h7,9H,5H2,1-4H3. The number of ether oxygens (including phenoxy) is 1. The first-order chi connectivity index (χ1) is 4.95. The average Bonchev–Trinajstić information content (AvgIpc) is 1.83. The lowest BCUT2D eigenvalue weighted by Crippen LogP contribution is -2.35. The van der Waals surface area contributed by atoms with Gasteiger partial charge in [0, 0.05) is 6.54 Å². The summed E-state index contributed by atoms with van der Waals surface area (Å²) in [5, 5.41) is 3.04. The quantitative estimate of drug-likeness (QED) is 0.621. The van der Waals surface area contributed by atoms with Crippen molar-refractivity contribution in [3.63, 3.8) is 0 Å². The molecule has 1 unspecified atom stereocenters. The monoisotopic (exact) mass is 158 g/mol. The van der Waals surface area contributed by atoms with Crippen molar-refractivity contribution < 1.29 is 9.53 Å². The van der Waals surface area contributed by atoms with Crippen molar-refractivity contribution >= 4 is 6.47 Å². The minimum Gasteiger partial charge on any atom is -0.438 e. The average molecular weight is 158 g/mol. The van der Waals surface area contributed by atoms with Crippen LogP contribution in [0.1, 0.15) is 27.7 Å². The van der Waals surface area contributed by atoms with Crippen LogP contribution in [0.3, 0.4) is 0 Å². The van der Waals surface area contributed by atoms with Gasteiger partial charge in [-0.05, 0) is 12.3 Å². The summed E-state index contributed by atoms with van der Waals surface area (Å²) >= 11 is 0. The fourth-order valence-corrected chi connectivity index (χ4v) is 0.564. The largest absolute Gasteiger partial charge is 0.438 e. The molecule has 0 heterocycles. The Morgan fingerprint density at radius 3 is 2.45 bits per heavy atom. The lowest BCUT2D eigenvalue weighted by Gasteiger charge is -2.21. The molecule has 0 bridgehead atoms. The van der Waals surface area contributed by atoms with E-state index in [4.69, 9.17) is 0 Å². The summed E-state index contributed by atoms with van der Waals surface area (Å²) in [4.78, 5) is 9.75. The fraction of sp³-hybridized carbons (Fsp3) is 0.875. The summed E-state index contributed by atoms with van der Waals surface area (Å²) in [6.07, 6.45) is -0.244. The molecule has 0 rings (SSSR count). The molecule has 0 saturated carbocycles. The molecule has 0 aliphatic heterocycles. The first-order valence-electron chi connectivity index (χ1n) is 3.72. The van der Waals surface area contributed by atoms with Gasteiger partial charge in [-0.2, -0.15) is 0 Å². The molecule has 0 aromatic carbocycles. The summed E-state index contributed by atoms with van der Waals surface area (Å²) in [5.41, 5.74) is 0.209. The first kappa shape index (κ1) is 10.4. The fourth-order valence-electron chi connectivity index (χ4n) is 0.564. The van der Waals surface area contributed by atoms with E-state index in [9.17, 15) is 4.79 Å². The molecule has 11 heavy (non-hydrogen) atoms. The van der Waals surface area contributed by atoms with Crippen LogP contribution < -0.4 is 5.32 Å². The Kier molecular flexibility index (Phi) is 4.11. The third kappa shape index (κ3) is 7.33. The van der Waals surface area contributed by atoms with Crippen LogP contribution in [0, 0.1) is 5.41 Å². The Hall–Kier alpha value is -0.570. The van der Waals surface area contributed by atoms with Crippen LogP contribution in [-0.2, 0) is 9.53 Å². The first-order valence-corrected chi connectivity index (χ1v) is 3.72. The van der Waals surface area contributed by atoms with E-state index >= 15 is 0 Å². The van der Waals surface area contributed by atoms with Crippen molar-refractivity contribution in [1.82, 2.24) is 5.32 Å². The van der Waals surface area contributed by atoms with Gasteiger partial charge in [0.05, 0.1) is 0 Å². The zero-order valence-corrected chi connectivity index (χ0v) is 7.60. The molecule has 0 aliphatic carbocycles. The maximum atomic E-state index is 9.75. The van der Waals surface area contributed by atoms with Gasteiger partial charge >= 0.3 is 6.47 Å². The van der Waals surface area contributed by atoms with Crippen LogP contribution in [0.4, 0.5) is 0 Å². The van der Waals surface area contributed by atoms with Crippen LogP contribution in [0.5, 0.6) is 0 Å². The maximum Gasteiger partial charge on any atom is 0.419 e. The van der Waals surface area contributed by atoms with E-state index in [1.165, 1.54) is 6.47 Å². The van der Waals surface area contributed by atoms with Gasteiger partial charge in [-0.1, -0.05) is 20.8 Å². The lowest BCUT2D eigenvalue weighted by molar-refractivity contribution is 0.145. The molecule has 0 aliphatic rings. The lowest BCUT2D eigenvalue weighted by atomic mass is 9.97. The molecule has 0 fully saturated rings.